The zero-order chi connectivity index (χ0) is 22.6. The third-order valence-corrected chi connectivity index (χ3v) is 5.88. The fourth-order valence-electron chi connectivity index (χ4n) is 2.94. The molecule has 8 nitrogen and oxygen atoms in total. The highest BCUT2D eigenvalue weighted by Crippen LogP contribution is 2.21. The smallest absolute Gasteiger partial charge is 0.255 e. The van der Waals surface area contributed by atoms with Gasteiger partial charge in [0.1, 0.15) is 5.69 Å². The van der Waals surface area contributed by atoms with E-state index in [1.54, 1.807) is 6.07 Å². The molecule has 2 N–H and O–H groups in total. The highest BCUT2D eigenvalue weighted by molar-refractivity contribution is 7.89. The lowest BCUT2D eigenvalue weighted by atomic mass is 10.2. The number of nitriles is 1. The van der Waals surface area contributed by atoms with Gasteiger partial charge in [-0.05, 0) is 62.4 Å². The van der Waals surface area contributed by atoms with Crippen molar-refractivity contribution in [3.8, 4) is 11.8 Å². The summed E-state index contributed by atoms with van der Waals surface area (Å²) in [5, 5.41) is 15.3. The first-order chi connectivity index (χ1) is 14.7. The molecule has 0 aliphatic rings. The second kappa shape index (κ2) is 9.07. The molecule has 2 aromatic carbocycles. The van der Waals surface area contributed by atoms with Gasteiger partial charge in [-0.2, -0.15) is 10.4 Å². The van der Waals surface area contributed by atoms with Gasteiger partial charge in [0.2, 0.25) is 10.0 Å². The van der Waals surface area contributed by atoms with E-state index in [9.17, 15) is 17.6 Å². The summed E-state index contributed by atoms with van der Waals surface area (Å²) < 4.78 is 42.6. The van der Waals surface area contributed by atoms with E-state index in [1.165, 1.54) is 41.1 Å². The lowest BCUT2D eigenvalue weighted by molar-refractivity contribution is 0.102. The molecule has 0 unspecified atom stereocenters. The van der Waals surface area contributed by atoms with E-state index in [4.69, 9.17) is 5.26 Å². The third-order valence-electron chi connectivity index (χ3n) is 4.40. The van der Waals surface area contributed by atoms with Crippen molar-refractivity contribution < 1.29 is 17.6 Å². The summed E-state index contributed by atoms with van der Waals surface area (Å²) in [6.07, 6.45) is 0.0502. The van der Waals surface area contributed by atoms with Crippen LogP contribution >= 0.6 is 0 Å². The lowest BCUT2D eigenvalue weighted by Gasteiger charge is -2.10. The topological polar surface area (TPSA) is 117 Å². The molecule has 3 rings (SSSR count). The summed E-state index contributed by atoms with van der Waals surface area (Å²) in [5.41, 5.74) is 2.27. The molecule has 1 aromatic heterocycles. The van der Waals surface area contributed by atoms with Gasteiger partial charge in [-0.1, -0.05) is 0 Å². The van der Waals surface area contributed by atoms with Gasteiger partial charge in [0.05, 0.1) is 16.7 Å². The van der Waals surface area contributed by atoms with Gasteiger partial charge in [-0.25, -0.2) is 22.2 Å². The Morgan fingerprint density at radius 3 is 2.45 bits per heavy atom. The molecule has 1 heterocycles. The molecule has 0 fully saturated rings. The lowest BCUT2D eigenvalue weighted by Crippen LogP contribution is -2.24. The molecule has 0 saturated heterocycles. The fraction of sp³-hybridized carbons (Fsp3) is 0.190. The maximum atomic E-state index is 14.6. The van der Waals surface area contributed by atoms with Crippen LogP contribution in [0.3, 0.4) is 0 Å². The number of carbonyl (C=O) groups is 1. The van der Waals surface area contributed by atoms with Gasteiger partial charge >= 0.3 is 0 Å². The van der Waals surface area contributed by atoms with Crippen LogP contribution in [-0.2, 0) is 10.0 Å². The van der Waals surface area contributed by atoms with Crippen molar-refractivity contribution in [3.05, 3.63) is 71.3 Å². The highest BCUT2D eigenvalue weighted by Gasteiger charge is 2.15. The summed E-state index contributed by atoms with van der Waals surface area (Å²) in [7, 11) is -3.76. The molecule has 0 spiro atoms. The van der Waals surface area contributed by atoms with Crippen molar-refractivity contribution in [1.82, 2.24) is 14.5 Å². The van der Waals surface area contributed by atoms with Crippen LogP contribution in [0, 0.1) is 31.0 Å². The van der Waals surface area contributed by atoms with Crippen LogP contribution in [0.2, 0.25) is 0 Å². The Labute approximate surface area is 179 Å². The quantitative estimate of drug-likeness (QED) is 0.547. The van der Waals surface area contributed by atoms with Gasteiger partial charge in [0.25, 0.3) is 5.91 Å². The maximum absolute atomic E-state index is 14.6. The number of aryl methyl sites for hydroxylation is 2. The van der Waals surface area contributed by atoms with Crippen molar-refractivity contribution in [1.29, 1.82) is 5.26 Å². The van der Waals surface area contributed by atoms with Crippen LogP contribution in [0.1, 0.15) is 28.2 Å². The fourth-order valence-corrected chi connectivity index (χ4v) is 3.97. The standard InChI is InChI=1S/C21H20FN5O3S/c1-14-12-15(2)27(26-14)20-9-6-17(13-19(20)22)25-21(28)16-4-7-18(8-5-16)31(29,30)24-11-3-10-23/h4-9,12-13,24H,3,11H2,1-2H3,(H,25,28). The zero-order valence-corrected chi connectivity index (χ0v) is 17.7. The minimum atomic E-state index is -3.76. The van der Waals surface area contributed by atoms with Crippen molar-refractivity contribution in [3.63, 3.8) is 0 Å². The monoisotopic (exact) mass is 441 g/mol. The van der Waals surface area contributed by atoms with Crippen LogP contribution in [0.5, 0.6) is 0 Å². The van der Waals surface area contributed by atoms with Gasteiger partial charge < -0.3 is 5.32 Å². The Kier molecular flexibility index (Phi) is 6.48. The zero-order valence-electron chi connectivity index (χ0n) is 16.9. The van der Waals surface area contributed by atoms with Gasteiger partial charge in [-0.15, -0.1) is 0 Å². The minimum absolute atomic E-state index is 0.000253. The van der Waals surface area contributed by atoms with E-state index in [-0.39, 0.29) is 34.8 Å². The van der Waals surface area contributed by atoms with Crippen LogP contribution in [0.15, 0.2) is 53.4 Å². The molecule has 0 saturated carbocycles. The molecule has 31 heavy (non-hydrogen) atoms. The number of nitrogens with one attached hydrogen (secondary N) is 2. The second-order valence-electron chi connectivity index (χ2n) is 6.79. The van der Waals surface area contributed by atoms with E-state index in [0.29, 0.717) is 0 Å². The molecular formula is C21H20FN5O3S. The van der Waals surface area contributed by atoms with E-state index in [0.717, 1.165) is 11.4 Å². The van der Waals surface area contributed by atoms with Gasteiger partial charge in [-0.3, -0.25) is 4.79 Å². The predicted molar refractivity (Wildman–Crippen MR) is 113 cm³/mol. The largest absolute Gasteiger partial charge is 0.322 e. The van der Waals surface area contributed by atoms with Gasteiger partial charge in [0, 0.05) is 29.9 Å². The Morgan fingerprint density at radius 1 is 1.16 bits per heavy atom. The first-order valence-corrected chi connectivity index (χ1v) is 10.8. The molecule has 0 aliphatic heterocycles. The minimum Gasteiger partial charge on any atom is -0.322 e. The van der Waals surface area contributed by atoms with Crippen molar-refractivity contribution in [2.24, 2.45) is 0 Å². The summed E-state index contributed by atoms with van der Waals surface area (Å²) in [4.78, 5) is 12.4. The molecule has 0 atom stereocenters. The molecule has 0 aliphatic carbocycles. The maximum Gasteiger partial charge on any atom is 0.255 e. The Bertz CT molecular complexity index is 1260. The Hall–Kier alpha value is -3.55. The predicted octanol–water partition coefficient (Wildman–Crippen LogP) is 3.07. The third kappa shape index (κ3) is 5.14. The van der Waals surface area contributed by atoms with E-state index in [1.807, 2.05) is 26.0 Å². The van der Waals surface area contributed by atoms with Gasteiger partial charge in [0.15, 0.2) is 5.82 Å². The van der Waals surface area contributed by atoms with E-state index in [2.05, 4.69) is 15.1 Å². The van der Waals surface area contributed by atoms with E-state index >= 15 is 0 Å². The molecular weight excluding hydrogens is 421 g/mol. The number of hydrogen-bond donors (Lipinski definition) is 2. The van der Waals surface area contributed by atoms with Crippen molar-refractivity contribution in [2.45, 2.75) is 25.2 Å². The van der Waals surface area contributed by atoms with E-state index < -0.39 is 21.7 Å². The number of sulfonamides is 1. The summed E-state index contributed by atoms with van der Waals surface area (Å²) in [5.74, 6) is -1.06. The average molecular weight is 441 g/mol. The molecule has 0 bridgehead atoms. The molecule has 1 amide bonds. The van der Waals surface area contributed by atoms with Crippen molar-refractivity contribution >= 4 is 21.6 Å². The number of anilines is 1. The van der Waals surface area contributed by atoms with Crippen molar-refractivity contribution in [2.75, 3.05) is 11.9 Å². The molecule has 0 radical (unpaired) electrons. The SMILES string of the molecule is Cc1cc(C)n(-c2ccc(NC(=O)c3ccc(S(=O)(=O)NCCC#N)cc3)cc2F)n1. The molecule has 160 valence electrons. The summed E-state index contributed by atoms with van der Waals surface area (Å²) in [6.45, 7) is 3.63. The van der Waals surface area contributed by atoms with Crippen LogP contribution in [0.25, 0.3) is 5.69 Å². The number of carbonyl (C=O) groups excluding carboxylic acids is 1. The first-order valence-electron chi connectivity index (χ1n) is 9.32. The number of aromatic nitrogens is 2. The van der Waals surface area contributed by atoms with Crippen LogP contribution < -0.4 is 10.0 Å². The van der Waals surface area contributed by atoms with Crippen LogP contribution in [0.4, 0.5) is 10.1 Å². The van der Waals surface area contributed by atoms with Crippen LogP contribution in [-0.4, -0.2) is 30.7 Å². The second-order valence-corrected chi connectivity index (χ2v) is 8.56. The molecule has 10 heteroatoms. The number of nitrogens with zero attached hydrogens (tertiary/aromatic N) is 3. The average Bonchev–Trinajstić information content (AvgIpc) is 3.06. The number of halogens is 1. The number of hydrogen-bond acceptors (Lipinski definition) is 5. The number of benzene rings is 2. The first kappa shape index (κ1) is 22.1. The highest BCUT2D eigenvalue weighted by atomic mass is 32.2. The Balaban J connectivity index is 1.72. The summed E-state index contributed by atoms with van der Waals surface area (Å²) >= 11 is 0. The number of amides is 1. The Morgan fingerprint density at radius 2 is 1.87 bits per heavy atom. The molecule has 3 aromatic rings. The summed E-state index contributed by atoms with van der Waals surface area (Å²) in [6, 6.07) is 13.2. The number of rotatable bonds is 7. The normalized spacial score (nSPS) is 11.2.